The molecule has 1 fully saturated rings. The van der Waals surface area contributed by atoms with Crippen molar-refractivity contribution in [2.45, 2.75) is 19.1 Å². The average molecular weight is 345 g/mol. The number of hydrogen-bond acceptors (Lipinski definition) is 3. The lowest BCUT2D eigenvalue weighted by atomic mass is 10.1. The van der Waals surface area contributed by atoms with Crippen molar-refractivity contribution in [3.63, 3.8) is 0 Å². The molecule has 3 rings (SSSR count). The molecule has 0 radical (unpaired) electrons. The number of carbonyl (C=O) groups excluding carboxylic acids is 1. The zero-order valence-electron chi connectivity index (χ0n) is 13.7. The Hall–Kier alpha value is -2.04. The van der Waals surface area contributed by atoms with E-state index in [1.165, 1.54) is 0 Å². The van der Waals surface area contributed by atoms with Gasteiger partial charge in [-0.2, -0.15) is 0 Å². The molecule has 0 aliphatic carbocycles. The Labute approximate surface area is 147 Å². The van der Waals surface area contributed by atoms with E-state index in [1.807, 2.05) is 48.5 Å². The fraction of sp³-hybridized carbons (Fsp3) is 0.316. The van der Waals surface area contributed by atoms with E-state index in [2.05, 4.69) is 10.2 Å². The van der Waals surface area contributed by atoms with E-state index in [0.29, 0.717) is 23.2 Å². The van der Waals surface area contributed by atoms with Gasteiger partial charge in [0.2, 0.25) is 0 Å². The van der Waals surface area contributed by atoms with Crippen molar-refractivity contribution in [3.8, 4) is 0 Å². The van der Waals surface area contributed by atoms with Crippen molar-refractivity contribution < 1.29 is 9.53 Å². The molecule has 1 atom stereocenters. The van der Waals surface area contributed by atoms with Gasteiger partial charge < -0.3 is 15.0 Å². The van der Waals surface area contributed by atoms with Gasteiger partial charge in [0, 0.05) is 43.0 Å². The molecule has 1 amide bonds. The minimum absolute atomic E-state index is 0.0994. The summed E-state index contributed by atoms with van der Waals surface area (Å²) < 4.78 is 5.39. The van der Waals surface area contributed by atoms with E-state index in [1.54, 1.807) is 7.11 Å². The largest absolute Gasteiger partial charge is 0.380 e. The van der Waals surface area contributed by atoms with Crippen LogP contribution in [0.4, 0.5) is 5.69 Å². The molecule has 4 nitrogen and oxygen atoms in total. The third-order valence-electron chi connectivity index (χ3n) is 4.37. The van der Waals surface area contributed by atoms with E-state index in [0.717, 1.165) is 30.8 Å². The molecule has 5 heteroatoms. The molecule has 0 unspecified atom stereocenters. The first kappa shape index (κ1) is 16.8. The van der Waals surface area contributed by atoms with Crippen molar-refractivity contribution in [1.29, 1.82) is 0 Å². The second kappa shape index (κ2) is 7.69. The SMILES string of the molecule is CO[C@H]1CCN(c2ccc(C(=O)NCc3ccccc3Cl)cc2)C1. The molecule has 1 saturated heterocycles. The van der Waals surface area contributed by atoms with E-state index >= 15 is 0 Å². The maximum atomic E-state index is 12.3. The van der Waals surface area contributed by atoms with Crippen LogP contribution in [0.25, 0.3) is 0 Å². The Bertz CT molecular complexity index is 703. The first-order valence-corrected chi connectivity index (χ1v) is 8.44. The third-order valence-corrected chi connectivity index (χ3v) is 4.74. The first-order valence-electron chi connectivity index (χ1n) is 8.07. The molecule has 24 heavy (non-hydrogen) atoms. The van der Waals surface area contributed by atoms with Gasteiger partial charge in [0.15, 0.2) is 0 Å². The Morgan fingerprint density at radius 1 is 1.25 bits per heavy atom. The highest BCUT2D eigenvalue weighted by Gasteiger charge is 2.22. The Balaban J connectivity index is 1.59. The number of ether oxygens (including phenoxy) is 1. The summed E-state index contributed by atoms with van der Waals surface area (Å²) in [5, 5.41) is 3.57. The molecule has 1 aliphatic heterocycles. The van der Waals surface area contributed by atoms with Gasteiger partial charge in [-0.1, -0.05) is 29.8 Å². The molecule has 1 N–H and O–H groups in total. The van der Waals surface area contributed by atoms with Crippen molar-refractivity contribution in [3.05, 3.63) is 64.7 Å². The van der Waals surface area contributed by atoms with Gasteiger partial charge in [0.25, 0.3) is 5.91 Å². The summed E-state index contributed by atoms with van der Waals surface area (Å²) in [5.74, 6) is -0.0994. The van der Waals surface area contributed by atoms with Gasteiger partial charge in [0.1, 0.15) is 0 Å². The zero-order chi connectivity index (χ0) is 16.9. The van der Waals surface area contributed by atoms with Crippen LogP contribution in [0, 0.1) is 0 Å². The van der Waals surface area contributed by atoms with Gasteiger partial charge in [-0.25, -0.2) is 0 Å². The zero-order valence-corrected chi connectivity index (χ0v) is 14.4. The van der Waals surface area contributed by atoms with Gasteiger partial charge in [-0.05, 0) is 42.3 Å². The lowest BCUT2D eigenvalue weighted by molar-refractivity contribution is 0.0951. The predicted octanol–water partition coefficient (Wildman–Crippen LogP) is 3.50. The Kier molecular flexibility index (Phi) is 5.38. The molecular weight excluding hydrogens is 324 g/mol. The fourth-order valence-corrected chi connectivity index (χ4v) is 3.10. The maximum Gasteiger partial charge on any atom is 0.251 e. The van der Waals surface area contributed by atoms with Crippen LogP contribution >= 0.6 is 11.6 Å². The molecule has 0 bridgehead atoms. The van der Waals surface area contributed by atoms with Gasteiger partial charge >= 0.3 is 0 Å². The lowest BCUT2D eigenvalue weighted by Crippen LogP contribution is -2.24. The molecular formula is C19H21ClN2O2. The Morgan fingerprint density at radius 3 is 2.67 bits per heavy atom. The van der Waals surface area contributed by atoms with Crippen molar-refractivity contribution in [2.75, 3.05) is 25.1 Å². The Morgan fingerprint density at radius 2 is 2.00 bits per heavy atom. The number of nitrogens with zero attached hydrogens (tertiary/aromatic N) is 1. The standard InChI is InChI=1S/C19H21ClN2O2/c1-24-17-10-11-22(13-17)16-8-6-14(7-9-16)19(23)21-12-15-4-2-3-5-18(15)20/h2-9,17H,10-13H2,1H3,(H,21,23)/t17-/m0/s1. The summed E-state index contributed by atoms with van der Waals surface area (Å²) in [5.41, 5.74) is 2.68. The van der Waals surface area contributed by atoms with E-state index < -0.39 is 0 Å². The summed E-state index contributed by atoms with van der Waals surface area (Å²) in [4.78, 5) is 14.5. The molecule has 1 heterocycles. The van der Waals surface area contributed by atoms with E-state index in [9.17, 15) is 4.79 Å². The van der Waals surface area contributed by atoms with Crippen LogP contribution in [-0.4, -0.2) is 32.2 Å². The van der Waals surface area contributed by atoms with Crippen LogP contribution in [0.15, 0.2) is 48.5 Å². The van der Waals surface area contributed by atoms with Crippen molar-refractivity contribution >= 4 is 23.2 Å². The fourth-order valence-electron chi connectivity index (χ4n) is 2.90. The van der Waals surface area contributed by atoms with Crippen LogP contribution in [0.5, 0.6) is 0 Å². The summed E-state index contributed by atoms with van der Waals surface area (Å²) in [6.45, 7) is 2.30. The quantitative estimate of drug-likeness (QED) is 0.902. The maximum absolute atomic E-state index is 12.3. The predicted molar refractivity (Wildman–Crippen MR) is 96.7 cm³/mol. The minimum atomic E-state index is -0.0994. The smallest absolute Gasteiger partial charge is 0.251 e. The molecule has 0 spiro atoms. The first-order chi connectivity index (χ1) is 11.7. The summed E-state index contributed by atoms with van der Waals surface area (Å²) in [6.07, 6.45) is 1.33. The lowest BCUT2D eigenvalue weighted by Gasteiger charge is -2.18. The summed E-state index contributed by atoms with van der Waals surface area (Å²) in [7, 11) is 1.75. The van der Waals surface area contributed by atoms with E-state index in [-0.39, 0.29) is 5.91 Å². The molecule has 1 aliphatic rings. The number of benzene rings is 2. The second-order valence-electron chi connectivity index (χ2n) is 5.91. The van der Waals surface area contributed by atoms with Crippen LogP contribution in [-0.2, 0) is 11.3 Å². The average Bonchev–Trinajstić information content (AvgIpc) is 3.10. The highest BCUT2D eigenvalue weighted by Crippen LogP contribution is 2.22. The number of nitrogens with one attached hydrogen (secondary N) is 1. The van der Waals surface area contributed by atoms with Crippen LogP contribution in [0.1, 0.15) is 22.3 Å². The molecule has 2 aromatic carbocycles. The van der Waals surface area contributed by atoms with Gasteiger partial charge in [-0.3, -0.25) is 4.79 Å². The third kappa shape index (κ3) is 3.89. The number of anilines is 1. The number of methoxy groups -OCH3 is 1. The van der Waals surface area contributed by atoms with Crippen LogP contribution < -0.4 is 10.2 Å². The summed E-state index contributed by atoms with van der Waals surface area (Å²) >= 11 is 6.10. The van der Waals surface area contributed by atoms with Gasteiger partial charge in [0.05, 0.1) is 6.10 Å². The summed E-state index contributed by atoms with van der Waals surface area (Å²) in [6, 6.07) is 15.2. The topological polar surface area (TPSA) is 41.6 Å². The van der Waals surface area contributed by atoms with Crippen molar-refractivity contribution in [2.24, 2.45) is 0 Å². The van der Waals surface area contributed by atoms with Gasteiger partial charge in [-0.15, -0.1) is 0 Å². The second-order valence-corrected chi connectivity index (χ2v) is 6.32. The minimum Gasteiger partial charge on any atom is -0.380 e. The highest BCUT2D eigenvalue weighted by molar-refractivity contribution is 6.31. The van der Waals surface area contributed by atoms with Crippen LogP contribution in [0.3, 0.4) is 0 Å². The molecule has 0 aromatic heterocycles. The number of hydrogen-bond donors (Lipinski definition) is 1. The number of rotatable bonds is 5. The number of carbonyl (C=O) groups is 1. The van der Waals surface area contributed by atoms with Crippen molar-refractivity contribution in [1.82, 2.24) is 5.32 Å². The highest BCUT2D eigenvalue weighted by atomic mass is 35.5. The normalized spacial score (nSPS) is 17.1. The monoisotopic (exact) mass is 344 g/mol. The molecule has 0 saturated carbocycles. The van der Waals surface area contributed by atoms with E-state index in [4.69, 9.17) is 16.3 Å². The molecule has 126 valence electrons. The van der Waals surface area contributed by atoms with Crippen LogP contribution in [0.2, 0.25) is 5.02 Å². The molecule has 2 aromatic rings. The number of halogens is 1. The number of amides is 1.